The van der Waals surface area contributed by atoms with E-state index in [0.29, 0.717) is 21.4 Å². The number of para-hydroxylation sites is 1. The lowest BCUT2D eigenvalue weighted by molar-refractivity contribution is 0.0696. The minimum Gasteiger partial charge on any atom is -0.478 e. The molecule has 0 aromatic heterocycles. The molecule has 28 heavy (non-hydrogen) atoms. The fourth-order valence-electron chi connectivity index (χ4n) is 2.52. The van der Waals surface area contributed by atoms with Crippen molar-refractivity contribution in [2.75, 3.05) is 10.6 Å². The number of anilines is 2. The number of aromatic carboxylic acids is 1. The summed E-state index contributed by atoms with van der Waals surface area (Å²) in [5.41, 5.74) is 1.66. The second kappa shape index (κ2) is 8.49. The quantitative estimate of drug-likeness (QED) is 0.539. The van der Waals surface area contributed by atoms with Gasteiger partial charge >= 0.3 is 5.97 Å². The Hall–Kier alpha value is -3.45. The van der Waals surface area contributed by atoms with E-state index in [1.165, 1.54) is 24.3 Å². The summed E-state index contributed by atoms with van der Waals surface area (Å²) in [6.45, 7) is 0. The number of nitrogens with one attached hydrogen (secondary N) is 2. The zero-order valence-electron chi connectivity index (χ0n) is 14.5. The molecule has 7 heteroatoms. The van der Waals surface area contributed by atoms with Gasteiger partial charge in [0.2, 0.25) is 0 Å². The van der Waals surface area contributed by atoms with Crippen LogP contribution in [0.2, 0.25) is 0 Å². The molecule has 0 aliphatic rings. The minimum atomic E-state index is -1.04. The van der Waals surface area contributed by atoms with Gasteiger partial charge in [0.25, 0.3) is 11.8 Å². The van der Waals surface area contributed by atoms with E-state index in [9.17, 15) is 14.4 Å². The monoisotopic (exact) mass is 438 g/mol. The van der Waals surface area contributed by atoms with Gasteiger partial charge in [0.1, 0.15) is 0 Å². The summed E-state index contributed by atoms with van der Waals surface area (Å²) in [4.78, 5) is 36.1. The average Bonchev–Trinajstić information content (AvgIpc) is 2.69. The van der Waals surface area contributed by atoms with Crippen LogP contribution in [0.4, 0.5) is 11.4 Å². The van der Waals surface area contributed by atoms with E-state index in [-0.39, 0.29) is 17.0 Å². The Labute approximate surface area is 169 Å². The number of amides is 2. The zero-order valence-corrected chi connectivity index (χ0v) is 16.1. The Morgan fingerprint density at radius 2 is 1.29 bits per heavy atom. The Morgan fingerprint density at radius 1 is 0.714 bits per heavy atom. The van der Waals surface area contributed by atoms with Crippen molar-refractivity contribution in [2.45, 2.75) is 0 Å². The van der Waals surface area contributed by atoms with Crippen molar-refractivity contribution >= 4 is 45.1 Å². The molecule has 0 fully saturated rings. The first kappa shape index (κ1) is 19.3. The van der Waals surface area contributed by atoms with Crippen LogP contribution in [0.15, 0.2) is 77.3 Å². The van der Waals surface area contributed by atoms with Crippen LogP contribution in [0.3, 0.4) is 0 Å². The van der Waals surface area contributed by atoms with Crippen LogP contribution in [0.5, 0.6) is 0 Å². The number of carbonyl (C=O) groups is 3. The van der Waals surface area contributed by atoms with Gasteiger partial charge < -0.3 is 15.7 Å². The van der Waals surface area contributed by atoms with Crippen molar-refractivity contribution in [3.63, 3.8) is 0 Å². The lowest BCUT2D eigenvalue weighted by atomic mass is 10.1. The molecular formula is C21H15BrN2O4. The predicted octanol–water partition coefficient (Wildman–Crippen LogP) is 4.65. The van der Waals surface area contributed by atoms with E-state index in [2.05, 4.69) is 26.6 Å². The topological polar surface area (TPSA) is 95.5 Å². The normalized spacial score (nSPS) is 10.2. The fraction of sp³-hybridized carbons (Fsp3) is 0. The van der Waals surface area contributed by atoms with Gasteiger partial charge in [0.15, 0.2) is 0 Å². The molecular weight excluding hydrogens is 424 g/mol. The molecule has 3 N–H and O–H groups in total. The maximum Gasteiger partial charge on any atom is 0.335 e. The Kier molecular flexibility index (Phi) is 5.86. The summed E-state index contributed by atoms with van der Waals surface area (Å²) in [5, 5.41) is 14.4. The van der Waals surface area contributed by atoms with Crippen LogP contribution in [0.25, 0.3) is 0 Å². The van der Waals surface area contributed by atoms with Gasteiger partial charge in [-0.25, -0.2) is 4.79 Å². The van der Waals surface area contributed by atoms with Crippen molar-refractivity contribution < 1.29 is 19.5 Å². The summed E-state index contributed by atoms with van der Waals surface area (Å²) >= 11 is 3.34. The van der Waals surface area contributed by atoms with Gasteiger partial charge in [0.05, 0.1) is 22.4 Å². The summed E-state index contributed by atoms with van der Waals surface area (Å²) in [7, 11) is 0. The third-order valence-electron chi connectivity index (χ3n) is 3.93. The summed E-state index contributed by atoms with van der Waals surface area (Å²) < 4.78 is 0.646. The second-order valence-corrected chi connectivity index (χ2v) is 6.67. The molecule has 0 aliphatic carbocycles. The molecule has 3 aromatic carbocycles. The van der Waals surface area contributed by atoms with Crippen molar-refractivity contribution in [2.24, 2.45) is 0 Å². The van der Waals surface area contributed by atoms with Crippen molar-refractivity contribution in [3.05, 3.63) is 94.0 Å². The lowest BCUT2D eigenvalue weighted by Crippen LogP contribution is -2.18. The Bertz CT molecular complexity index is 1050. The lowest BCUT2D eigenvalue weighted by Gasteiger charge is -2.12. The zero-order chi connectivity index (χ0) is 20.1. The van der Waals surface area contributed by atoms with E-state index in [0.717, 1.165) is 0 Å². The first-order valence-electron chi connectivity index (χ1n) is 8.25. The standard InChI is InChI=1S/C21H15BrN2O4/c22-17-7-3-1-5-15(17)19(25)24-18-8-4-2-6-16(18)20(26)23-14-11-9-13(10-12-14)21(27)28/h1-12H,(H,23,26)(H,24,25)(H,27,28). The molecule has 0 bridgehead atoms. The molecule has 6 nitrogen and oxygen atoms in total. The number of halogens is 1. The van der Waals surface area contributed by atoms with Gasteiger partial charge in [-0.1, -0.05) is 24.3 Å². The molecule has 0 radical (unpaired) electrons. The molecule has 0 heterocycles. The highest BCUT2D eigenvalue weighted by Crippen LogP contribution is 2.21. The van der Waals surface area contributed by atoms with Crippen LogP contribution in [-0.4, -0.2) is 22.9 Å². The predicted molar refractivity (Wildman–Crippen MR) is 110 cm³/mol. The number of rotatable bonds is 5. The number of carboxylic acids is 1. The molecule has 2 amide bonds. The van der Waals surface area contributed by atoms with E-state index in [1.807, 2.05) is 0 Å². The first-order valence-corrected chi connectivity index (χ1v) is 9.04. The molecule has 140 valence electrons. The molecule has 0 atom stereocenters. The maximum atomic E-state index is 12.7. The minimum absolute atomic E-state index is 0.124. The van der Waals surface area contributed by atoms with E-state index < -0.39 is 11.9 Å². The van der Waals surface area contributed by atoms with Gasteiger partial charge in [0, 0.05) is 10.2 Å². The third-order valence-corrected chi connectivity index (χ3v) is 4.62. The van der Waals surface area contributed by atoms with Crippen molar-refractivity contribution in [3.8, 4) is 0 Å². The molecule has 0 spiro atoms. The largest absolute Gasteiger partial charge is 0.478 e. The van der Waals surface area contributed by atoms with Gasteiger partial charge in [-0.15, -0.1) is 0 Å². The second-order valence-electron chi connectivity index (χ2n) is 5.82. The highest BCUT2D eigenvalue weighted by molar-refractivity contribution is 9.10. The Balaban J connectivity index is 1.79. The van der Waals surface area contributed by atoms with E-state index >= 15 is 0 Å². The third kappa shape index (κ3) is 4.44. The summed E-state index contributed by atoms with van der Waals surface area (Å²) in [6, 6.07) is 19.4. The summed E-state index contributed by atoms with van der Waals surface area (Å²) in [6.07, 6.45) is 0. The molecule has 0 aliphatic heterocycles. The van der Waals surface area contributed by atoms with E-state index in [4.69, 9.17) is 5.11 Å². The molecule has 3 aromatic rings. The van der Waals surface area contributed by atoms with Crippen LogP contribution in [0, 0.1) is 0 Å². The van der Waals surface area contributed by atoms with Crippen molar-refractivity contribution in [1.29, 1.82) is 0 Å². The Morgan fingerprint density at radius 3 is 1.93 bits per heavy atom. The maximum absolute atomic E-state index is 12.7. The van der Waals surface area contributed by atoms with Crippen LogP contribution in [0.1, 0.15) is 31.1 Å². The highest BCUT2D eigenvalue weighted by Gasteiger charge is 2.16. The van der Waals surface area contributed by atoms with Gasteiger partial charge in [-0.3, -0.25) is 9.59 Å². The molecule has 0 saturated carbocycles. The average molecular weight is 439 g/mol. The van der Waals surface area contributed by atoms with Crippen LogP contribution >= 0.6 is 15.9 Å². The molecule has 0 saturated heterocycles. The number of carboxylic acid groups (broad SMARTS) is 1. The smallest absolute Gasteiger partial charge is 0.335 e. The summed E-state index contributed by atoms with van der Waals surface area (Å²) in [5.74, 6) is -1.82. The first-order chi connectivity index (χ1) is 13.5. The molecule has 3 rings (SSSR count). The van der Waals surface area contributed by atoms with Gasteiger partial charge in [-0.05, 0) is 64.5 Å². The number of benzene rings is 3. The number of hydrogen-bond donors (Lipinski definition) is 3. The number of carbonyl (C=O) groups excluding carboxylic acids is 2. The SMILES string of the molecule is O=C(O)c1ccc(NC(=O)c2ccccc2NC(=O)c2ccccc2Br)cc1. The molecule has 0 unspecified atom stereocenters. The fourth-order valence-corrected chi connectivity index (χ4v) is 2.98. The van der Waals surface area contributed by atoms with E-state index in [1.54, 1.807) is 48.5 Å². The number of hydrogen-bond acceptors (Lipinski definition) is 3. The van der Waals surface area contributed by atoms with Gasteiger partial charge in [-0.2, -0.15) is 0 Å². The van der Waals surface area contributed by atoms with Crippen LogP contribution in [-0.2, 0) is 0 Å². The van der Waals surface area contributed by atoms with Crippen molar-refractivity contribution in [1.82, 2.24) is 0 Å². The highest BCUT2D eigenvalue weighted by atomic mass is 79.9. The van der Waals surface area contributed by atoms with Crippen LogP contribution < -0.4 is 10.6 Å².